The first-order valence-corrected chi connectivity index (χ1v) is 11.7. The molecule has 1 unspecified atom stereocenters. The van der Waals surface area contributed by atoms with Gasteiger partial charge in [-0.2, -0.15) is 4.48 Å². The average Bonchev–Trinajstić information content (AvgIpc) is 3.49. The highest BCUT2D eigenvalue weighted by atomic mass is 35.5. The number of likely N-dealkylation sites (tertiary alicyclic amines) is 1. The van der Waals surface area contributed by atoms with E-state index in [4.69, 9.17) is 5.73 Å². The van der Waals surface area contributed by atoms with Crippen molar-refractivity contribution in [2.45, 2.75) is 57.4 Å². The molecule has 4 N–H and O–H groups in total. The van der Waals surface area contributed by atoms with Crippen molar-refractivity contribution < 1.29 is 28.9 Å². The molecule has 1 saturated heterocycles. The van der Waals surface area contributed by atoms with Gasteiger partial charge in [0.1, 0.15) is 0 Å². The number of primary amides is 1. The van der Waals surface area contributed by atoms with E-state index in [1.54, 1.807) is 18.5 Å². The molecule has 10 nitrogen and oxygen atoms in total. The Labute approximate surface area is 205 Å². The molecule has 2 aliphatic rings. The van der Waals surface area contributed by atoms with Crippen molar-refractivity contribution in [3.63, 3.8) is 0 Å². The van der Waals surface area contributed by atoms with Gasteiger partial charge in [0, 0.05) is 31.8 Å². The Kier molecular flexibility index (Phi) is 10.4. The summed E-state index contributed by atoms with van der Waals surface area (Å²) < 4.78 is -0.702. The van der Waals surface area contributed by atoms with Crippen molar-refractivity contribution in [2.24, 2.45) is 17.6 Å². The number of hydrogen-bond donors (Lipinski definition) is 3. The number of rotatable bonds is 10. The van der Waals surface area contributed by atoms with Gasteiger partial charge in [-0.25, -0.2) is 14.7 Å². The molecule has 188 valence electrons. The van der Waals surface area contributed by atoms with E-state index in [0.717, 1.165) is 31.2 Å². The molecule has 1 aliphatic carbocycles. The van der Waals surface area contributed by atoms with Gasteiger partial charge in [0.2, 0.25) is 6.41 Å². The number of carbonyl (C=O) groups excluding carboxylic acids is 4. The van der Waals surface area contributed by atoms with Crippen molar-refractivity contribution in [2.75, 3.05) is 19.6 Å². The summed E-state index contributed by atoms with van der Waals surface area (Å²) in [5.41, 5.74) is 6.58. The normalized spacial score (nSPS) is 23.0. The van der Waals surface area contributed by atoms with Crippen molar-refractivity contribution in [1.82, 2.24) is 15.4 Å². The van der Waals surface area contributed by atoms with Gasteiger partial charge in [0.25, 0.3) is 5.91 Å². The number of nitrogens with two attached hydrogens (primary N) is 1. The molecular formula is C23H35ClN5O5+. The minimum atomic E-state index is -0.967. The molecule has 1 aromatic heterocycles. The first-order chi connectivity index (χ1) is 15.9. The Morgan fingerprint density at radius 3 is 2.62 bits per heavy atom. The van der Waals surface area contributed by atoms with Gasteiger partial charge in [0.15, 0.2) is 6.04 Å². The fourth-order valence-electron chi connectivity index (χ4n) is 5.37. The lowest BCUT2D eigenvalue weighted by Gasteiger charge is -2.36. The van der Waals surface area contributed by atoms with Gasteiger partial charge in [0.05, 0.1) is 19.0 Å². The summed E-state index contributed by atoms with van der Waals surface area (Å²) in [7, 11) is 0. The van der Waals surface area contributed by atoms with Crippen LogP contribution in [0.1, 0.15) is 50.5 Å². The summed E-state index contributed by atoms with van der Waals surface area (Å²) in [5, 5.41) is 13.1. The van der Waals surface area contributed by atoms with E-state index in [-0.39, 0.29) is 44.4 Å². The molecule has 3 atom stereocenters. The van der Waals surface area contributed by atoms with Gasteiger partial charge >= 0.3 is 11.9 Å². The van der Waals surface area contributed by atoms with Crippen LogP contribution >= 0.6 is 12.4 Å². The van der Waals surface area contributed by atoms with Crippen LogP contribution in [-0.2, 0) is 20.8 Å². The van der Waals surface area contributed by atoms with Crippen LogP contribution in [0.25, 0.3) is 0 Å². The molecule has 1 aromatic rings. The van der Waals surface area contributed by atoms with E-state index in [1.807, 2.05) is 6.07 Å². The van der Waals surface area contributed by atoms with Crippen LogP contribution in [0.15, 0.2) is 24.5 Å². The van der Waals surface area contributed by atoms with Crippen LogP contribution in [0, 0.1) is 11.8 Å². The first kappa shape index (κ1) is 27.7. The molecule has 5 amide bonds. The van der Waals surface area contributed by atoms with Gasteiger partial charge in [-0.05, 0) is 30.4 Å². The number of pyridine rings is 1. The van der Waals surface area contributed by atoms with Crippen LogP contribution in [-0.4, -0.2) is 69.7 Å². The fourth-order valence-corrected chi connectivity index (χ4v) is 5.37. The van der Waals surface area contributed by atoms with Crippen molar-refractivity contribution in [3.8, 4) is 0 Å². The second-order valence-electron chi connectivity index (χ2n) is 9.14. The number of halogens is 1. The molecule has 34 heavy (non-hydrogen) atoms. The lowest BCUT2D eigenvalue weighted by molar-refractivity contribution is -0.779. The largest absolute Gasteiger partial charge is 0.424 e. The molecule has 0 spiro atoms. The fraction of sp³-hybridized carbons (Fsp3) is 0.609. The number of hydroxylamine groups is 2. The summed E-state index contributed by atoms with van der Waals surface area (Å²) >= 11 is 0. The van der Waals surface area contributed by atoms with E-state index in [9.17, 15) is 24.4 Å². The van der Waals surface area contributed by atoms with Crippen LogP contribution < -0.4 is 11.1 Å². The molecule has 0 radical (unpaired) electrons. The zero-order valence-corrected chi connectivity index (χ0v) is 20.1. The Morgan fingerprint density at radius 2 is 2.00 bits per heavy atom. The lowest BCUT2D eigenvalue weighted by Crippen LogP contribution is -2.68. The number of amides is 5. The summed E-state index contributed by atoms with van der Waals surface area (Å²) in [5.74, 6) is -1.64. The molecule has 2 heterocycles. The highest BCUT2D eigenvalue weighted by molar-refractivity contribution is 5.91. The zero-order chi connectivity index (χ0) is 23.8. The predicted octanol–water partition coefficient (Wildman–Crippen LogP) is 1.79. The number of imide groups is 1. The number of quaternary nitrogens is 1. The molecule has 0 aromatic carbocycles. The monoisotopic (exact) mass is 496 g/mol. The van der Waals surface area contributed by atoms with Crippen molar-refractivity contribution in [1.29, 1.82) is 0 Å². The van der Waals surface area contributed by atoms with Crippen molar-refractivity contribution >= 4 is 36.7 Å². The quantitative estimate of drug-likeness (QED) is 0.195. The molecule has 1 saturated carbocycles. The predicted molar refractivity (Wildman–Crippen MR) is 126 cm³/mol. The molecule has 2 fully saturated rings. The minimum absolute atomic E-state index is 0. The summed E-state index contributed by atoms with van der Waals surface area (Å²) in [6, 6.07) is 2.17. The molecular weight excluding hydrogens is 462 g/mol. The van der Waals surface area contributed by atoms with Gasteiger partial charge < -0.3 is 11.1 Å². The van der Waals surface area contributed by atoms with E-state index in [0.29, 0.717) is 30.7 Å². The topological polar surface area (TPSA) is 143 Å². The highest BCUT2D eigenvalue weighted by Crippen LogP contribution is 2.36. The Bertz CT molecular complexity index is 851. The third-order valence-corrected chi connectivity index (χ3v) is 6.99. The number of carbonyl (C=O) groups is 4. The molecule has 3 rings (SSSR count). The molecule has 1 aliphatic heterocycles. The third kappa shape index (κ3) is 6.31. The van der Waals surface area contributed by atoms with E-state index < -0.39 is 34.3 Å². The van der Waals surface area contributed by atoms with Crippen LogP contribution in [0.5, 0.6) is 0 Å². The average molecular weight is 497 g/mol. The number of aromatic nitrogens is 1. The maximum Gasteiger partial charge on any atom is 0.424 e. The van der Waals surface area contributed by atoms with Gasteiger partial charge in [-0.15, -0.1) is 12.4 Å². The minimum Gasteiger partial charge on any atom is -0.364 e. The Balaban J connectivity index is 0.00000408. The maximum absolute atomic E-state index is 13.9. The van der Waals surface area contributed by atoms with Gasteiger partial charge in [-0.1, -0.05) is 31.7 Å². The summed E-state index contributed by atoms with van der Waals surface area (Å²) in [6.07, 6.45) is 9.51. The first-order valence-electron chi connectivity index (χ1n) is 11.7. The smallest absolute Gasteiger partial charge is 0.364 e. The summed E-state index contributed by atoms with van der Waals surface area (Å²) in [6.45, 7) is 0.225. The van der Waals surface area contributed by atoms with E-state index >= 15 is 0 Å². The van der Waals surface area contributed by atoms with Crippen LogP contribution in [0.3, 0.4) is 0 Å². The van der Waals surface area contributed by atoms with Gasteiger partial charge in [-0.3, -0.25) is 19.8 Å². The molecule has 11 heteroatoms. The van der Waals surface area contributed by atoms with E-state index in [1.165, 1.54) is 0 Å². The van der Waals surface area contributed by atoms with Crippen LogP contribution in [0.2, 0.25) is 0 Å². The lowest BCUT2D eigenvalue weighted by atomic mass is 9.90. The highest BCUT2D eigenvalue weighted by Gasteiger charge is 2.58. The second-order valence-corrected chi connectivity index (χ2v) is 9.14. The number of hydrogen-bond acceptors (Lipinski definition) is 6. The second kappa shape index (κ2) is 12.8. The maximum atomic E-state index is 13.9. The number of nitrogens with one attached hydrogen (secondary N) is 1. The Hall–Kier alpha value is -2.56. The van der Waals surface area contributed by atoms with E-state index in [2.05, 4.69) is 10.3 Å². The third-order valence-electron chi connectivity index (χ3n) is 6.99. The summed E-state index contributed by atoms with van der Waals surface area (Å²) in [4.78, 5) is 54.9. The van der Waals surface area contributed by atoms with Crippen molar-refractivity contribution in [3.05, 3.63) is 30.1 Å². The number of nitrogens with zero attached hydrogens (tertiary/aromatic N) is 3. The standard InChI is InChI=1S/C23H33N5O5.ClH/c24-21(30)20-8-4-12-28(20,23(32)26-11-9-18-7-3-10-25-14-18)22(31)19(15-27(33)16-29)13-17-5-1-2-6-17;/h3,7,10,14,16-17,19-20,33H,1-2,4-6,8-9,11-13,15H2,(H2-,24,26,30,32);1H/p+1/t19-,20+,28?;/m1./s1. The zero-order valence-electron chi connectivity index (χ0n) is 19.3. The number of urea groups is 1. The SMILES string of the molecule is Cl.NC(=O)[C@@H]1CCC[N+]1(C(=O)NCCc1cccnc1)C(=O)[C@H](CC1CCCC1)CN(O)C=O. The Morgan fingerprint density at radius 1 is 1.26 bits per heavy atom. The molecule has 0 bridgehead atoms. The van der Waals surface area contributed by atoms with Crippen LogP contribution in [0.4, 0.5) is 4.79 Å².